The molecule has 0 heterocycles. The molecule has 0 radical (unpaired) electrons. The van der Waals surface area contributed by atoms with Crippen molar-refractivity contribution >= 4 is 24.4 Å². The van der Waals surface area contributed by atoms with Crippen LogP contribution in [0.1, 0.15) is 33.1 Å². The average Bonchev–Trinajstić information content (AvgIpc) is 2.10. The van der Waals surface area contributed by atoms with Crippen LogP contribution in [0.5, 0.6) is 0 Å². The number of rotatable bonds is 5. The van der Waals surface area contributed by atoms with E-state index in [9.17, 15) is 9.59 Å². The molecule has 0 aromatic rings. The zero-order valence-electron chi connectivity index (χ0n) is 9.82. The first-order chi connectivity index (χ1) is 7.54. The third-order valence-corrected chi connectivity index (χ3v) is 3.47. The molecular weight excluding hydrogens is 224 g/mol. The second-order valence-corrected chi connectivity index (χ2v) is 4.79. The number of hydrogen-bond donors (Lipinski definition) is 3. The molecule has 2 N–H and O–H groups in total. The van der Waals surface area contributed by atoms with Gasteiger partial charge in [0.15, 0.2) is 0 Å². The fourth-order valence-electron chi connectivity index (χ4n) is 1.82. The van der Waals surface area contributed by atoms with Gasteiger partial charge in [0, 0.05) is 18.7 Å². The SMILES string of the molecule is CC(=O)NC(CS)C(=O)NC(C)C1CCC1. The van der Waals surface area contributed by atoms with Crippen molar-refractivity contribution in [2.75, 3.05) is 5.75 Å². The van der Waals surface area contributed by atoms with Crippen molar-refractivity contribution < 1.29 is 9.59 Å². The van der Waals surface area contributed by atoms with Crippen LogP contribution in [0.15, 0.2) is 0 Å². The molecule has 0 aliphatic heterocycles. The van der Waals surface area contributed by atoms with Gasteiger partial charge in [0.1, 0.15) is 6.04 Å². The van der Waals surface area contributed by atoms with Crippen LogP contribution in [0, 0.1) is 5.92 Å². The van der Waals surface area contributed by atoms with Crippen LogP contribution in [-0.4, -0.2) is 29.7 Å². The predicted octanol–water partition coefficient (Wildman–Crippen LogP) is 0.726. The van der Waals surface area contributed by atoms with E-state index in [1.54, 1.807) is 0 Å². The fraction of sp³-hybridized carbons (Fsp3) is 0.818. The van der Waals surface area contributed by atoms with E-state index < -0.39 is 6.04 Å². The van der Waals surface area contributed by atoms with Crippen LogP contribution in [0.25, 0.3) is 0 Å². The van der Waals surface area contributed by atoms with Crippen molar-refractivity contribution in [2.45, 2.75) is 45.2 Å². The third kappa shape index (κ3) is 3.70. The minimum Gasteiger partial charge on any atom is -0.352 e. The van der Waals surface area contributed by atoms with E-state index in [0.717, 1.165) is 0 Å². The van der Waals surface area contributed by atoms with Gasteiger partial charge in [-0.05, 0) is 25.7 Å². The lowest BCUT2D eigenvalue weighted by atomic mass is 9.80. The standard InChI is InChI=1S/C11H20N2O2S/c1-7(9-4-3-5-9)12-11(15)10(6-16)13-8(2)14/h7,9-10,16H,3-6H2,1-2H3,(H,12,15)(H,13,14). The average molecular weight is 244 g/mol. The van der Waals surface area contributed by atoms with E-state index in [2.05, 4.69) is 23.3 Å². The number of carbonyl (C=O) groups excluding carboxylic acids is 2. The van der Waals surface area contributed by atoms with Crippen molar-refractivity contribution in [3.8, 4) is 0 Å². The summed E-state index contributed by atoms with van der Waals surface area (Å²) in [5.74, 6) is 0.583. The lowest BCUT2D eigenvalue weighted by molar-refractivity contribution is -0.128. The summed E-state index contributed by atoms with van der Waals surface area (Å²) >= 11 is 4.07. The van der Waals surface area contributed by atoms with Gasteiger partial charge in [-0.3, -0.25) is 9.59 Å². The molecule has 1 aliphatic carbocycles. The maximum Gasteiger partial charge on any atom is 0.243 e. The van der Waals surface area contributed by atoms with Crippen molar-refractivity contribution in [2.24, 2.45) is 5.92 Å². The summed E-state index contributed by atoms with van der Waals surface area (Å²) in [5, 5.41) is 5.52. The molecule has 2 unspecified atom stereocenters. The van der Waals surface area contributed by atoms with Crippen LogP contribution < -0.4 is 10.6 Å². The van der Waals surface area contributed by atoms with E-state index in [-0.39, 0.29) is 17.9 Å². The van der Waals surface area contributed by atoms with E-state index >= 15 is 0 Å². The molecule has 0 saturated heterocycles. The van der Waals surface area contributed by atoms with E-state index in [1.165, 1.54) is 26.2 Å². The summed E-state index contributed by atoms with van der Waals surface area (Å²) in [6.07, 6.45) is 3.63. The second kappa shape index (κ2) is 6.13. The number of hydrogen-bond acceptors (Lipinski definition) is 3. The molecule has 0 spiro atoms. The van der Waals surface area contributed by atoms with Crippen molar-refractivity contribution in [3.05, 3.63) is 0 Å². The van der Waals surface area contributed by atoms with E-state index in [1.807, 2.05) is 6.92 Å². The van der Waals surface area contributed by atoms with Crippen molar-refractivity contribution in [3.63, 3.8) is 0 Å². The van der Waals surface area contributed by atoms with Gasteiger partial charge in [0.2, 0.25) is 11.8 Å². The lowest BCUT2D eigenvalue weighted by Gasteiger charge is -2.32. The molecule has 16 heavy (non-hydrogen) atoms. The smallest absolute Gasteiger partial charge is 0.243 e. The highest BCUT2D eigenvalue weighted by Crippen LogP contribution is 2.29. The van der Waals surface area contributed by atoms with Gasteiger partial charge in [-0.2, -0.15) is 12.6 Å². The minimum absolute atomic E-state index is 0.135. The molecule has 0 aromatic heterocycles. The first kappa shape index (κ1) is 13.4. The van der Waals surface area contributed by atoms with Gasteiger partial charge in [0.05, 0.1) is 0 Å². The first-order valence-electron chi connectivity index (χ1n) is 5.73. The van der Waals surface area contributed by atoms with Crippen LogP contribution in [0.2, 0.25) is 0 Å². The van der Waals surface area contributed by atoms with Gasteiger partial charge in [-0.25, -0.2) is 0 Å². The Kier molecular flexibility index (Phi) is 5.12. The molecule has 1 saturated carbocycles. The highest BCUT2D eigenvalue weighted by molar-refractivity contribution is 7.80. The largest absolute Gasteiger partial charge is 0.352 e. The summed E-state index contributed by atoms with van der Waals surface area (Å²) in [5.41, 5.74) is 0. The van der Waals surface area contributed by atoms with Crippen LogP contribution >= 0.6 is 12.6 Å². The molecule has 0 aromatic carbocycles. The Balaban J connectivity index is 2.38. The normalized spacial score (nSPS) is 19.4. The summed E-state index contributed by atoms with van der Waals surface area (Å²) in [4.78, 5) is 22.7. The number of amides is 2. The molecule has 4 nitrogen and oxygen atoms in total. The highest BCUT2D eigenvalue weighted by Gasteiger charge is 2.27. The van der Waals surface area contributed by atoms with E-state index in [4.69, 9.17) is 0 Å². The van der Waals surface area contributed by atoms with Crippen LogP contribution in [0.3, 0.4) is 0 Å². The summed E-state index contributed by atoms with van der Waals surface area (Å²) in [6, 6.07) is -0.333. The van der Waals surface area contributed by atoms with E-state index in [0.29, 0.717) is 11.7 Å². The highest BCUT2D eigenvalue weighted by atomic mass is 32.1. The van der Waals surface area contributed by atoms with Gasteiger partial charge < -0.3 is 10.6 Å². The summed E-state index contributed by atoms with van der Waals surface area (Å²) in [6.45, 7) is 3.42. The van der Waals surface area contributed by atoms with Crippen LogP contribution in [0.4, 0.5) is 0 Å². The molecule has 5 heteroatoms. The topological polar surface area (TPSA) is 58.2 Å². The van der Waals surface area contributed by atoms with Gasteiger partial charge in [-0.1, -0.05) is 6.42 Å². The molecule has 0 bridgehead atoms. The monoisotopic (exact) mass is 244 g/mol. The zero-order chi connectivity index (χ0) is 12.1. The quantitative estimate of drug-likeness (QED) is 0.624. The number of nitrogens with one attached hydrogen (secondary N) is 2. The molecular formula is C11H20N2O2S. The molecule has 2 atom stereocenters. The Morgan fingerprint density at radius 1 is 1.38 bits per heavy atom. The number of thiol groups is 1. The third-order valence-electron chi connectivity index (χ3n) is 3.10. The predicted molar refractivity (Wildman–Crippen MR) is 66.4 cm³/mol. The Morgan fingerprint density at radius 2 is 2.00 bits per heavy atom. The Bertz CT molecular complexity index is 267. The summed E-state index contributed by atoms with van der Waals surface area (Å²) < 4.78 is 0. The fourth-order valence-corrected chi connectivity index (χ4v) is 2.08. The minimum atomic E-state index is -0.525. The second-order valence-electron chi connectivity index (χ2n) is 4.42. The molecule has 2 amide bonds. The van der Waals surface area contributed by atoms with Crippen molar-refractivity contribution in [1.82, 2.24) is 10.6 Å². The van der Waals surface area contributed by atoms with Gasteiger partial charge >= 0.3 is 0 Å². The number of carbonyl (C=O) groups is 2. The molecule has 1 fully saturated rings. The Morgan fingerprint density at radius 3 is 2.38 bits per heavy atom. The molecule has 1 rings (SSSR count). The zero-order valence-corrected chi connectivity index (χ0v) is 10.7. The Hall–Kier alpha value is -0.710. The first-order valence-corrected chi connectivity index (χ1v) is 6.36. The van der Waals surface area contributed by atoms with Crippen LogP contribution in [-0.2, 0) is 9.59 Å². The maximum absolute atomic E-state index is 11.8. The molecule has 1 aliphatic rings. The van der Waals surface area contributed by atoms with Crippen molar-refractivity contribution in [1.29, 1.82) is 0 Å². The Labute approximate surface area is 102 Å². The lowest BCUT2D eigenvalue weighted by Crippen LogP contribution is -2.51. The maximum atomic E-state index is 11.8. The molecule has 92 valence electrons. The van der Waals surface area contributed by atoms with Gasteiger partial charge in [-0.15, -0.1) is 0 Å². The summed E-state index contributed by atoms with van der Waals surface area (Å²) in [7, 11) is 0. The van der Waals surface area contributed by atoms with Gasteiger partial charge in [0.25, 0.3) is 0 Å².